The van der Waals surface area contributed by atoms with Crippen molar-refractivity contribution in [3.8, 4) is 0 Å². The van der Waals surface area contributed by atoms with E-state index in [0.29, 0.717) is 19.3 Å². The third-order valence-corrected chi connectivity index (χ3v) is 14.2. The van der Waals surface area contributed by atoms with Gasteiger partial charge in [0.1, 0.15) is 13.2 Å². The molecular formula is C69H122O6. The van der Waals surface area contributed by atoms with E-state index in [4.69, 9.17) is 14.2 Å². The number of hydrogen-bond acceptors (Lipinski definition) is 6. The van der Waals surface area contributed by atoms with E-state index in [1.54, 1.807) is 0 Å². The first-order chi connectivity index (χ1) is 37.0. The molecule has 0 aliphatic rings. The fourth-order valence-corrected chi connectivity index (χ4v) is 9.35. The lowest BCUT2D eigenvalue weighted by Crippen LogP contribution is -2.30. The van der Waals surface area contributed by atoms with Crippen molar-refractivity contribution >= 4 is 17.9 Å². The molecule has 0 aromatic heterocycles. The number of carbonyl (C=O) groups is 3. The first kappa shape index (κ1) is 71.8. The van der Waals surface area contributed by atoms with Crippen molar-refractivity contribution in [2.24, 2.45) is 0 Å². The summed E-state index contributed by atoms with van der Waals surface area (Å²) in [6, 6.07) is 0. The van der Waals surface area contributed by atoms with E-state index in [2.05, 4.69) is 93.7 Å². The third kappa shape index (κ3) is 61.6. The first-order valence-electron chi connectivity index (χ1n) is 32.4. The van der Waals surface area contributed by atoms with Crippen molar-refractivity contribution in [2.75, 3.05) is 13.2 Å². The number of ether oxygens (including phenoxy) is 3. The highest BCUT2D eigenvalue weighted by Gasteiger charge is 2.19. The molecule has 0 rings (SSSR count). The van der Waals surface area contributed by atoms with E-state index in [1.807, 2.05) is 0 Å². The van der Waals surface area contributed by atoms with Crippen molar-refractivity contribution < 1.29 is 28.6 Å². The molecule has 0 radical (unpaired) electrons. The van der Waals surface area contributed by atoms with Gasteiger partial charge >= 0.3 is 17.9 Å². The van der Waals surface area contributed by atoms with E-state index < -0.39 is 6.10 Å². The summed E-state index contributed by atoms with van der Waals surface area (Å²) in [5.41, 5.74) is 0. The minimum Gasteiger partial charge on any atom is -0.462 e. The Labute approximate surface area is 465 Å². The largest absolute Gasteiger partial charge is 0.462 e. The molecule has 0 bridgehead atoms. The molecule has 0 spiro atoms. The van der Waals surface area contributed by atoms with Crippen LogP contribution in [-0.2, 0) is 28.6 Å². The van der Waals surface area contributed by atoms with Crippen LogP contribution in [0.3, 0.4) is 0 Å². The van der Waals surface area contributed by atoms with Crippen molar-refractivity contribution in [3.05, 3.63) is 72.9 Å². The third-order valence-electron chi connectivity index (χ3n) is 14.2. The van der Waals surface area contributed by atoms with Crippen molar-refractivity contribution in [3.63, 3.8) is 0 Å². The van der Waals surface area contributed by atoms with Crippen molar-refractivity contribution in [2.45, 2.75) is 335 Å². The summed E-state index contributed by atoms with van der Waals surface area (Å²) in [7, 11) is 0. The molecule has 0 amide bonds. The second-order valence-corrected chi connectivity index (χ2v) is 21.6. The first-order valence-corrected chi connectivity index (χ1v) is 32.4. The van der Waals surface area contributed by atoms with Gasteiger partial charge in [-0.25, -0.2) is 0 Å². The molecule has 0 saturated carbocycles. The van der Waals surface area contributed by atoms with Crippen LogP contribution in [0.5, 0.6) is 0 Å². The molecule has 6 nitrogen and oxygen atoms in total. The van der Waals surface area contributed by atoms with Crippen LogP contribution < -0.4 is 0 Å². The molecule has 1 atom stereocenters. The van der Waals surface area contributed by atoms with E-state index in [9.17, 15) is 14.4 Å². The van der Waals surface area contributed by atoms with Crippen LogP contribution in [0.25, 0.3) is 0 Å². The molecule has 0 fully saturated rings. The highest BCUT2D eigenvalue weighted by Crippen LogP contribution is 2.17. The molecule has 0 saturated heterocycles. The number of esters is 3. The Morgan fingerprint density at radius 3 is 0.813 bits per heavy atom. The molecule has 434 valence electrons. The summed E-state index contributed by atoms with van der Waals surface area (Å²) >= 11 is 0. The van der Waals surface area contributed by atoms with Crippen LogP contribution >= 0.6 is 0 Å². The van der Waals surface area contributed by atoms with Gasteiger partial charge in [-0.3, -0.25) is 14.4 Å². The molecular weight excluding hydrogens is 925 g/mol. The predicted molar refractivity (Wildman–Crippen MR) is 325 cm³/mol. The smallest absolute Gasteiger partial charge is 0.306 e. The Kier molecular flexibility index (Phi) is 60.7. The van der Waals surface area contributed by atoms with Gasteiger partial charge in [-0.1, -0.05) is 293 Å². The molecule has 1 unspecified atom stereocenters. The van der Waals surface area contributed by atoms with Crippen LogP contribution in [0.15, 0.2) is 72.9 Å². The lowest BCUT2D eigenvalue weighted by atomic mass is 10.0. The molecule has 0 heterocycles. The molecule has 0 aliphatic carbocycles. The molecule has 6 heteroatoms. The topological polar surface area (TPSA) is 78.9 Å². The number of allylic oxidation sites excluding steroid dienone is 12. The Hall–Kier alpha value is -3.15. The number of rotatable bonds is 59. The standard InChI is InChI=1S/C69H122O6/c1-4-7-10-13-16-18-20-22-24-26-28-30-32-33-34-35-37-38-40-42-44-46-48-50-53-56-59-62-68(71)74-65-66(64-73-67(70)61-58-55-52-15-12-9-6-3)75-69(72)63-60-57-54-51-49-47-45-43-41-39-36-31-29-27-25-23-21-19-17-14-11-8-5-2/h7,10,16,18,21-24,27-30,66H,4-6,8-9,11-15,17,19-20,25-26,31-65H2,1-3H3/b10-7-,18-16-,23-21-,24-22-,29-27-,30-28-. The van der Waals surface area contributed by atoms with E-state index in [1.165, 1.54) is 199 Å². The van der Waals surface area contributed by atoms with Gasteiger partial charge in [-0.05, 0) is 89.9 Å². The molecule has 0 aliphatic heterocycles. The van der Waals surface area contributed by atoms with Crippen LogP contribution in [0.1, 0.15) is 329 Å². The molecule has 0 aromatic rings. The zero-order chi connectivity index (χ0) is 54.3. The van der Waals surface area contributed by atoms with Gasteiger partial charge in [0.25, 0.3) is 0 Å². The fraction of sp³-hybridized carbons (Fsp3) is 0.783. The highest BCUT2D eigenvalue weighted by atomic mass is 16.6. The monoisotopic (exact) mass is 1050 g/mol. The lowest BCUT2D eigenvalue weighted by Gasteiger charge is -2.18. The summed E-state index contributed by atoms with van der Waals surface area (Å²) in [5, 5.41) is 0. The number of hydrogen-bond donors (Lipinski definition) is 0. The maximum Gasteiger partial charge on any atom is 0.306 e. The molecule has 75 heavy (non-hydrogen) atoms. The Morgan fingerprint density at radius 2 is 0.520 bits per heavy atom. The van der Waals surface area contributed by atoms with Gasteiger partial charge in [0.15, 0.2) is 6.10 Å². The Balaban J connectivity index is 4.10. The van der Waals surface area contributed by atoms with Gasteiger partial charge in [0.05, 0.1) is 0 Å². The number of unbranched alkanes of at least 4 members (excludes halogenated alkanes) is 36. The van der Waals surface area contributed by atoms with Crippen LogP contribution in [0.4, 0.5) is 0 Å². The van der Waals surface area contributed by atoms with Crippen LogP contribution in [0, 0.1) is 0 Å². The van der Waals surface area contributed by atoms with Gasteiger partial charge < -0.3 is 14.2 Å². The average Bonchev–Trinajstić information content (AvgIpc) is 3.41. The second-order valence-electron chi connectivity index (χ2n) is 21.6. The van der Waals surface area contributed by atoms with Gasteiger partial charge in [-0.15, -0.1) is 0 Å². The Morgan fingerprint density at radius 1 is 0.280 bits per heavy atom. The zero-order valence-electron chi connectivity index (χ0n) is 49.8. The summed E-state index contributed by atoms with van der Waals surface area (Å²) in [6.45, 7) is 6.51. The van der Waals surface area contributed by atoms with Gasteiger partial charge in [0, 0.05) is 19.3 Å². The van der Waals surface area contributed by atoms with Gasteiger partial charge in [-0.2, -0.15) is 0 Å². The SMILES string of the molecule is CC/C=C\C/C=C\C/C=C\C/C=C\CCCCCCCCCCCCCCCCC(=O)OCC(COC(=O)CCCCCCCCC)OC(=O)CCCCCCCCCCCCC/C=C\C/C=C\CCCCCCC. The predicted octanol–water partition coefficient (Wildman–Crippen LogP) is 22.1. The van der Waals surface area contributed by atoms with Crippen molar-refractivity contribution in [1.82, 2.24) is 0 Å². The summed E-state index contributed by atoms with van der Waals surface area (Å²) in [6.07, 6.45) is 82.2. The van der Waals surface area contributed by atoms with Crippen LogP contribution in [-0.4, -0.2) is 37.2 Å². The average molecular weight is 1050 g/mol. The summed E-state index contributed by atoms with van der Waals surface area (Å²) in [5.74, 6) is -0.868. The fourth-order valence-electron chi connectivity index (χ4n) is 9.35. The van der Waals surface area contributed by atoms with E-state index in [0.717, 1.165) is 89.9 Å². The minimum absolute atomic E-state index is 0.0730. The summed E-state index contributed by atoms with van der Waals surface area (Å²) < 4.78 is 16.9. The van der Waals surface area contributed by atoms with Gasteiger partial charge in [0.2, 0.25) is 0 Å². The minimum atomic E-state index is -0.773. The Bertz CT molecular complexity index is 1390. The number of carbonyl (C=O) groups excluding carboxylic acids is 3. The van der Waals surface area contributed by atoms with Crippen LogP contribution in [0.2, 0.25) is 0 Å². The normalized spacial score (nSPS) is 12.5. The maximum atomic E-state index is 12.9. The van der Waals surface area contributed by atoms with E-state index >= 15 is 0 Å². The van der Waals surface area contributed by atoms with E-state index in [-0.39, 0.29) is 31.1 Å². The lowest BCUT2D eigenvalue weighted by molar-refractivity contribution is -0.167. The maximum absolute atomic E-state index is 12.9. The molecule has 0 N–H and O–H groups in total. The quantitative estimate of drug-likeness (QED) is 0.0261. The summed E-state index contributed by atoms with van der Waals surface area (Å²) in [4.78, 5) is 38.1. The van der Waals surface area contributed by atoms with Crippen molar-refractivity contribution in [1.29, 1.82) is 0 Å². The molecule has 0 aromatic carbocycles. The highest BCUT2D eigenvalue weighted by molar-refractivity contribution is 5.71. The second kappa shape index (κ2) is 63.4. The zero-order valence-corrected chi connectivity index (χ0v) is 49.8.